The minimum absolute atomic E-state index is 0.00378. The van der Waals surface area contributed by atoms with Gasteiger partial charge < -0.3 is 14.7 Å². The van der Waals surface area contributed by atoms with Crippen molar-refractivity contribution in [3.8, 4) is 11.3 Å². The summed E-state index contributed by atoms with van der Waals surface area (Å²) in [6.45, 7) is 5.27. The lowest BCUT2D eigenvalue weighted by Gasteiger charge is -2.36. The van der Waals surface area contributed by atoms with Crippen LogP contribution in [0.15, 0.2) is 60.7 Å². The highest BCUT2D eigenvalue weighted by molar-refractivity contribution is 6.33. The molecule has 0 spiro atoms. The Bertz CT molecular complexity index is 1220. The molecule has 0 N–H and O–H groups in total. The molecule has 3 aromatic rings. The Hall–Kier alpha value is -3.45. The van der Waals surface area contributed by atoms with E-state index >= 15 is 0 Å². The van der Waals surface area contributed by atoms with E-state index in [1.807, 2.05) is 72.5 Å². The lowest BCUT2D eigenvalue weighted by molar-refractivity contribution is -0.132. The molecular weight excluding hydrogens is 474 g/mol. The number of amides is 2. The standard InChI is InChI=1S/C28H30ClN5O2/c1-20-6-10-22(11-7-20)28(36)34(18-21-8-9-21)19-27(35)33-16-14-32(15-17-33)26-13-12-25(30-31-26)23-4-2-3-5-24(23)29/h2-7,10-13,21H,8-9,14-19H2,1H3. The van der Waals surface area contributed by atoms with Crippen LogP contribution in [0.25, 0.3) is 11.3 Å². The summed E-state index contributed by atoms with van der Waals surface area (Å²) in [6.07, 6.45) is 2.25. The number of benzene rings is 2. The van der Waals surface area contributed by atoms with Crippen molar-refractivity contribution in [3.63, 3.8) is 0 Å². The summed E-state index contributed by atoms with van der Waals surface area (Å²) in [4.78, 5) is 32.0. The Morgan fingerprint density at radius 2 is 1.67 bits per heavy atom. The number of aryl methyl sites for hydroxylation is 1. The quantitative estimate of drug-likeness (QED) is 0.480. The predicted molar refractivity (Wildman–Crippen MR) is 141 cm³/mol. The molecule has 1 saturated heterocycles. The lowest BCUT2D eigenvalue weighted by atomic mass is 10.1. The lowest BCUT2D eigenvalue weighted by Crippen LogP contribution is -2.52. The molecule has 0 atom stereocenters. The fourth-order valence-electron chi connectivity index (χ4n) is 4.46. The van der Waals surface area contributed by atoms with Crippen molar-refractivity contribution in [1.82, 2.24) is 20.0 Å². The van der Waals surface area contributed by atoms with Gasteiger partial charge in [0.15, 0.2) is 5.82 Å². The maximum atomic E-state index is 13.1. The van der Waals surface area contributed by atoms with Crippen LogP contribution >= 0.6 is 11.6 Å². The van der Waals surface area contributed by atoms with Gasteiger partial charge in [0.1, 0.15) is 6.54 Å². The van der Waals surface area contributed by atoms with E-state index in [1.165, 1.54) is 0 Å². The van der Waals surface area contributed by atoms with Gasteiger partial charge in [-0.3, -0.25) is 9.59 Å². The number of anilines is 1. The minimum Gasteiger partial charge on any atom is -0.352 e. The van der Waals surface area contributed by atoms with Gasteiger partial charge in [-0.05, 0) is 56.0 Å². The van der Waals surface area contributed by atoms with E-state index in [0.29, 0.717) is 49.2 Å². The smallest absolute Gasteiger partial charge is 0.254 e. The third kappa shape index (κ3) is 5.68. The summed E-state index contributed by atoms with van der Waals surface area (Å²) < 4.78 is 0. The van der Waals surface area contributed by atoms with Crippen molar-refractivity contribution in [2.75, 3.05) is 44.2 Å². The predicted octanol–water partition coefficient (Wildman–Crippen LogP) is 4.31. The molecule has 2 heterocycles. The molecular formula is C28H30ClN5O2. The summed E-state index contributed by atoms with van der Waals surface area (Å²) in [5.41, 5.74) is 3.33. The first kappa shape index (κ1) is 24.3. The molecule has 2 aromatic carbocycles. The van der Waals surface area contributed by atoms with Crippen molar-refractivity contribution < 1.29 is 9.59 Å². The van der Waals surface area contributed by atoms with E-state index in [2.05, 4.69) is 15.1 Å². The zero-order valence-electron chi connectivity index (χ0n) is 20.4. The second-order valence-electron chi connectivity index (χ2n) is 9.62. The van der Waals surface area contributed by atoms with Crippen LogP contribution in [-0.4, -0.2) is 71.1 Å². The normalized spacial score (nSPS) is 15.6. The van der Waals surface area contributed by atoms with E-state index in [0.717, 1.165) is 35.5 Å². The number of halogens is 1. The number of hydrogen-bond acceptors (Lipinski definition) is 5. The molecule has 1 aliphatic carbocycles. The Morgan fingerprint density at radius 3 is 2.31 bits per heavy atom. The van der Waals surface area contributed by atoms with Crippen LogP contribution in [0.2, 0.25) is 5.02 Å². The number of hydrogen-bond donors (Lipinski definition) is 0. The number of rotatable bonds is 7. The van der Waals surface area contributed by atoms with Crippen LogP contribution in [0.5, 0.6) is 0 Å². The van der Waals surface area contributed by atoms with Gasteiger partial charge >= 0.3 is 0 Å². The molecule has 186 valence electrons. The molecule has 0 unspecified atom stereocenters. The maximum Gasteiger partial charge on any atom is 0.254 e. The summed E-state index contributed by atoms with van der Waals surface area (Å²) in [6, 6.07) is 19.0. The molecule has 1 aliphatic heterocycles. The van der Waals surface area contributed by atoms with Crippen LogP contribution in [-0.2, 0) is 4.79 Å². The third-order valence-electron chi connectivity index (χ3n) is 6.84. The van der Waals surface area contributed by atoms with Gasteiger partial charge in [0.25, 0.3) is 5.91 Å². The van der Waals surface area contributed by atoms with Crippen molar-refractivity contribution >= 4 is 29.2 Å². The van der Waals surface area contributed by atoms with Crippen LogP contribution in [0.4, 0.5) is 5.82 Å². The van der Waals surface area contributed by atoms with Gasteiger partial charge in [0.05, 0.1) is 10.7 Å². The fraction of sp³-hybridized carbons (Fsp3) is 0.357. The highest BCUT2D eigenvalue weighted by Gasteiger charge is 2.30. The van der Waals surface area contributed by atoms with Crippen LogP contribution in [0.3, 0.4) is 0 Å². The highest BCUT2D eigenvalue weighted by Crippen LogP contribution is 2.30. The van der Waals surface area contributed by atoms with Crippen molar-refractivity contribution in [2.45, 2.75) is 19.8 Å². The zero-order valence-corrected chi connectivity index (χ0v) is 21.2. The molecule has 0 bridgehead atoms. The molecule has 0 radical (unpaired) electrons. The Morgan fingerprint density at radius 1 is 0.944 bits per heavy atom. The number of carbonyl (C=O) groups excluding carboxylic acids is 2. The zero-order chi connectivity index (χ0) is 25.1. The van der Waals surface area contributed by atoms with Crippen molar-refractivity contribution in [3.05, 3.63) is 76.8 Å². The molecule has 1 aromatic heterocycles. The molecule has 8 heteroatoms. The maximum absolute atomic E-state index is 13.1. The van der Waals surface area contributed by atoms with Gasteiger partial charge in [-0.2, -0.15) is 0 Å². The Labute approximate surface area is 216 Å². The molecule has 5 rings (SSSR count). The molecule has 2 fully saturated rings. The molecule has 2 aliphatic rings. The number of piperazine rings is 1. The first-order valence-electron chi connectivity index (χ1n) is 12.5. The molecule has 36 heavy (non-hydrogen) atoms. The average Bonchev–Trinajstić information content (AvgIpc) is 3.73. The number of carbonyl (C=O) groups is 2. The minimum atomic E-state index is -0.0669. The summed E-state index contributed by atoms with van der Waals surface area (Å²) >= 11 is 6.28. The second kappa shape index (κ2) is 10.7. The first-order valence-corrected chi connectivity index (χ1v) is 12.8. The second-order valence-corrected chi connectivity index (χ2v) is 10.0. The Kier molecular flexibility index (Phi) is 7.18. The largest absolute Gasteiger partial charge is 0.352 e. The van der Waals surface area contributed by atoms with Gasteiger partial charge in [-0.1, -0.05) is 47.5 Å². The monoisotopic (exact) mass is 503 g/mol. The van der Waals surface area contributed by atoms with Gasteiger partial charge in [0.2, 0.25) is 5.91 Å². The number of nitrogens with zero attached hydrogens (tertiary/aromatic N) is 5. The molecule has 7 nitrogen and oxygen atoms in total. The number of aromatic nitrogens is 2. The average molecular weight is 504 g/mol. The third-order valence-corrected chi connectivity index (χ3v) is 7.17. The van der Waals surface area contributed by atoms with E-state index in [9.17, 15) is 9.59 Å². The van der Waals surface area contributed by atoms with E-state index in [4.69, 9.17) is 11.6 Å². The Balaban J connectivity index is 1.18. The van der Waals surface area contributed by atoms with E-state index in [-0.39, 0.29) is 18.4 Å². The van der Waals surface area contributed by atoms with Crippen molar-refractivity contribution in [1.29, 1.82) is 0 Å². The molecule has 2 amide bonds. The summed E-state index contributed by atoms with van der Waals surface area (Å²) in [5.74, 6) is 1.22. The van der Waals surface area contributed by atoms with E-state index < -0.39 is 0 Å². The van der Waals surface area contributed by atoms with Gasteiger partial charge in [-0.25, -0.2) is 0 Å². The fourth-order valence-corrected chi connectivity index (χ4v) is 4.70. The van der Waals surface area contributed by atoms with Crippen LogP contribution in [0.1, 0.15) is 28.8 Å². The molecule has 1 saturated carbocycles. The van der Waals surface area contributed by atoms with Crippen molar-refractivity contribution in [2.24, 2.45) is 5.92 Å². The summed E-state index contributed by atoms with van der Waals surface area (Å²) in [7, 11) is 0. The van der Waals surface area contributed by atoms with Crippen LogP contribution < -0.4 is 4.90 Å². The first-order chi connectivity index (χ1) is 17.5. The highest BCUT2D eigenvalue weighted by atomic mass is 35.5. The van der Waals surface area contributed by atoms with Gasteiger partial charge in [-0.15, -0.1) is 10.2 Å². The summed E-state index contributed by atoms with van der Waals surface area (Å²) in [5, 5.41) is 9.41. The topological polar surface area (TPSA) is 69.6 Å². The SMILES string of the molecule is Cc1ccc(C(=O)N(CC(=O)N2CCN(c3ccc(-c4ccccc4Cl)nn3)CC2)CC2CC2)cc1. The van der Waals surface area contributed by atoms with E-state index in [1.54, 1.807) is 4.90 Å². The van der Waals surface area contributed by atoms with Crippen LogP contribution in [0, 0.1) is 12.8 Å². The van der Waals surface area contributed by atoms with Gasteiger partial charge in [0, 0.05) is 43.9 Å².